The highest BCUT2D eigenvalue weighted by molar-refractivity contribution is 7.17. The minimum atomic E-state index is -0.394. The van der Waals surface area contributed by atoms with Crippen molar-refractivity contribution in [3.8, 4) is 5.75 Å². The van der Waals surface area contributed by atoms with Crippen LogP contribution in [-0.2, 0) is 27.8 Å². The van der Waals surface area contributed by atoms with E-state index < -0.39 is 5.97 Å². The average Bonchev–Trinajstić information content (AvgIpc) is 3.08. The van der Waals surface area contributed by atoms with Crippen LogP contribution in [0.1, 0.15) is 80.2 Å². The van der Waals surface area contributed by atoms with Crippen LogP contribution in [-0.4, -0.2) is 25.6 Å². The summed E-state index contributed by atoms with van der Waals surface area (Å²) in [5, 5.41) is 3.43. The van der Waals surface area contributed by atoms with Gasteiger partial charge in [0.1, 0.15) is 10.8 Å². The van der Waals surface area contributed by atoms with E-state index in [0.29, 0.717) is 16.3 Å². The number of carbonyl (C=O) groups excluding carboxylic acids is 2. The molecule has 1 aliphatic rings. The maximum Gasteiger partial charge on any atom is 0.341 e. The van der Waals surface area contributed by atoms with Crippen molar-refractivity contribution < 1.29 is 19.1 Å². The molecule has 0 aliphatic heterocycles. The van der Waals surface area contributed by atoms with Gasteiger partial charge < -0.3 is 14.8 Å². The molecular weight excluding hydrogens is 422 g/mol. The summed E-state index contributed by atoms with van der Waals surface area (Å²) in [7, 11) is 1.37. The predicted octanol–water partition coefficient (Wildman–Crippen LogP) is 6.14. The summed E-state index contributed by atoms with van der Waals surface area (Å²) in [6.45, 7) is 11.1. The van der Waals surface area contributed by atoms with Crippen LogP contribution in [0.25, 0.3) is 0 Å². The van der Waals surface area contributed by atoms with Crippen LogP contribution in [0, 0.1) is 5.41 Å². The summed E-state index contributed by atoms with van der Waals surface area (Å²) in [6, 6.07) is 7.97. The first-order valence-electron chi connectivity index (χ1n) is 11.3. The minimum absolute atomic E-state index is 0.0523. The standard InChI is InChI=1S/C26H35NO4S/c1-25(2,3)16-26(4,5)17-11-13-18(14-12-17)31-15-21(28)27-23-22(24(29)30-6)19-9-7-8-10-20(19)32-23/h11-14H,7-10,15-16H2,1-6H3,(H,27,28). The molecule has 32 heavy (non-hydrogen) atoms. The number of esters is 1. The largest absolute Gasteiger partial charge is 0.484 e. The predicted molar refractivity (Wildman–Crippen MR) is 130 cm³/mol. The van der Waals surface area contributed by atoms with Gasteiger partial charge in [-0.15, -0.1) is 11.3 Å². The molecule has 0 spiro atoms. The van der Waals surface area contributed by atoms with E-state index in [-0.39, 0.29) is 23.3 Å². The van der Waals surface area contributed by atoms with Gasteiger partial charge >= 0.3 is 5.97 Å². The van der Waals surface area contributed by atoms with E-state index in [1.165, 1.54) is 28.9 Å². The fourth-order valence-electron chi connectivity index (χ4n) is 4.71. The molecule has 1 N–H and O–H groups in total. The van der Waals surface area contributed by atoms with Gasteiger partial charge in [0.25, 0.3) is 5.91 Å². The number of rotatable bonds is 7. The molecule has 1 aliphatic carbocycles. The van der Waals surface area contributed by atoms with Gasteiger partial charge in [-0.05, 0) is 66.2 Å². The van der Waals surface area contributed by atoms with E-state index in [9.17, 15) is 9.59 Å². The number of nitrogens with one attached hydrogen (secondary N) is 1. The third-order valence-corrected chi connectivity index (χ3v) is 7.00. The van der Waals surface area contributed by atoms with Crippen LogP contribution in [0.15, 0.2) is 24.3 Å². The Labute approximate surface area is 195 Å². The van der Waals surface area contributed by atoms with Crippen LogP contribution in [0.2, 0.25) is 0 Å². The Hall–Kier alpha value is -2.34. The van der Waals surface area contributed by atoms with Crippen LogP contribution < -0.4 is 10.1 Å². The number of aryl methyl sites for hydroxylation is 1. The van der Waals surface area contributed by atoms with Crippen molar-refractivity contribution >= 4 is 28.2 Å². The Morgan fingerprint density at radius 1 is 1.03 bits per heavy atom. The van der Waals surface area contributed by atoms with Crippen molar-refractivity contribution in [3.63, 3.8) is 0 Å². The first-order chi connectivity index (χ1) is 15.0. The average molecular weight is 458 g/mol. The van der Waals surface area contributed by atoms with Crippen molar-refractivity contribution in [3.05, 3.63) is 45.8 Å². The number of carbonyl (C=O) groups is 2. The molecule has 1 amide bonds. The number of ether oxygens (including phenoxy) is 2. The number of benzene rings is 1. The van der Waals surface area contributed by atoms with E-state index in [2.05, 4.69) is 52.1 Å². The Morgan fingerprint density at radius 2 is 1.69 bits per heavy atom. The summed E-state index contributed by atoms with van der Waals surface area (Å²) in [4.78, 5) is 26.1. The number of hydrogen-bond acceptors (Lipinski definition) is 5. The van der Waals surface area contributed by atoms with Crippen LogP contribution in [0.3, 0.4) is 0 Å². The van der Waals surface area contributed by atoms with Gasteiger partial charge in [0, 0.05) is 4.88 Å². The molecule has 0 unspecified atom stereocenters. The van der Waals surface area contributed by atoms with E-state index >= 15 is 0 Å². The van der Waals surface area contributed by atoms with Crippen molar-refractivity contribution in [1.29, 1.82) is 0 Å². The van der Waals surface area contributed by atoms with E-state index in [0.717, 1.165) is 37.7 Å². The summed E-state index contributed by atoms with van der Waals surface area (Å²) in [6.07, 6.45) is 5.00. The highest BCUT2D eigenvalue weighted by atomic mass is 32.1. The Bertz CT molecular complexity index is 967. The van der Waals surface area contributed by atoms with Gasteiger partial charge in [0.2, 0.25) is 0 Å². The third kappa shape index (κ3) is 5.91. The quantitative estimate of drug-likeness (QED) is 0.507. The second-order valence-corrected chi connectivity index (χ2v) is 11.5. The zero-order valence-electron chi connectivity index (χ0n) is 20.1. The molecule has 2 aromatic rings. The van der Waals surface area contributed by atoms with Crippen LogP contribution >= 0.6 is 11.3 Å². The second-order valence-electron chi connectivity index (χ2n) is 10.4. The van der Waals surface area contributed by atoms with E-state index in [1.54, 1.807) is 0 Å². The van der Waals surface area contributed by atoms with Crippen molar-refractivity contribution in [2.45, 2.75) is 72.1 Å². The fourth-order valence-corrected chi connectivity index (χ4v) is 6.01. The zero-order valence-corrected chi connectivity index (χ0v) is 20.9. The molecular formula is C26H35NO4S. The smallest absolute Gasteiger partial charge is 0.341 e. The maximum atomic E-state index is 12.6. The molecule has 5 nitrogen and oxygen atoms in total. The number of methoxy groups -OCH3 is 1. The van der Waals surface area contributed by atoms with E-state index in [1.807, 2.05) is 12.1 Å². The van der Waals surface area contributed by atoms with Gasteiger partial charge in [-0.2, -0.15) is 0 Å². The van der Waals surface area contributed by atoms with Crippen LogP contribution in [0.4, 0.5) is 5.00 Å². The number of thiophene rings is 1. The molecule has 1 aromatic carbocycles. The fraction of sp³-hybridized carbons (Fsp3) is 0.538. The molecule has 0 saturated heterocycles. The molecule has 0 saturated carbocycles. The molecule has 0 bridgehead atoms. The molecule has 174 valence electrons. The summed E-state index contributed by atoms with van der Waals surface area (Å²) < 4.78 is 10.7. The van der Waals surface area contributed by atoms with Gasteiger partial charge in [0.05, 0.1) is 12.7 Å². The normalized spacial score (nSPS) is 13.9. The number of hydrogen-bond donors (Lipinski definition) is 1. The lowest BCUT2D eigenvalue weighted by Gasteiger charge is -2.33. The topological polar surface area (TPSA) is 64.6 Å². The first kappa shape index (κ1) is 24.3. The van der Waals surface area contributed by atoms with Crippen LogP contribution in [0.5, 0.6) is 5.75 Å². The lowest BCUT2D eigenvalue weighted by molar-refractivity contribution is -0.118. The highest BCUT2D eigenvalue weighted by Crippen LogP contribution is 2.39. The third-order valence-electron chi connectivity index (χ3n) is 5.79. The Balaban J connectivity index is 1.63. The molecule has 0 fully saturated rings. The van der Waals surface area contributed by atoms with E-state index in [4.69, 9.17) is 9.47 Å². The summed E-state index contributed by atoms with van der Waals surface area (Å²) >= 11 is 1.48. The maximum absolute atomic E-state index is 12.6. The minimum Gasteiger partial charge on any atom is -0.484 e. The van der Waals surface area contributed by atoms with Gasteiger partial charge in [0.15, 0.2) is 6.61 Å². The number of fused-ring (bicyclic) bond motifs is 1. The number of anilines is 1. The molecule has 1 aromatic heterocycles. The molecule has 3 rings (SSSR count). The van der Waals surface area contributed by atoms with Gasteiger partial charge in [-0.25, -0.2) is 4.79 Å². The summed E-state index contributed by atoms with van der Waals surface area (Å²) in [5.74, 6) is -0.0332. The SMILES string of the molecule is COC(=O)c1c(NC(=O)COc2ccc(C(C)(C)CC(C)(C)C)cc2)sc2c1CCCC2. The monoisotopic (exact) mass is 457 g/mol. The van der Waals surface area contributed by atoms with Crippen molar-refractivity contribution in [2.24, 2.45) is 5.41 Å². The van der Waals surface area contributed by atoms with Gasteiger partial charge in [-0.1, -0.05) is 46.8 Å². The second kappa shape index (κ2) is 9.65. The number of amides is 1. The Kier molecular flexibility index (Phi) is 7.33. The lowest BCUT2D eigenvalue weighted by atomic mass is 9.72. The van der Waals surface area contributed by atoms with Crippen molar-refractivity contribution in [2.75, 3.05) is 19.0 Å². The molecule has 0 radical (unpaired) electrons. The molecule has 1 heterocycles. The highest BCUT2D eigenvalue weighted by Gasteiger charge is 2.28. The molecule has 6 heteroatoms. The molecule has 0 atom stereocenters. The summed E-state index contributed by atoms with van der Waals surface area (Å²) in [5.41, 5.74) is 3.07. The first-order valence-corrected chi connectivity index (χ1v) is 12.1. The lowest BCUT2D eigenvalue weighted by Crippen LogP contribution is -2.24. The van der Waals surface area contributed by atoms with Gasteiger partial charge in [-0.3, -0.25) is 4.79 Å². The van der Waals surface area contributed by atoms with Crippen molar-refractivity contribution in [1.82, 2.24) is 0 Å². The Morgan fingerprint density at radius 3 is 2.31 bits per heavy atom. The zero-order chi connectivity index (χ0) is 23.5.